The molecule has 0 fully saturated rings. The summed E-state index contributed by atoms with van der Waals surface area (Å²) in [6, 6.07) is 3.15. The van der Waals surface area contributed by atoms with Crippen molar-refractivity contribution in [2.75, 3.05) is 13.2 Å². The molecule has 0 aromatic heterocycles. The van der Waals surface area contributed by atoms with Crippen LogP contribution in [0.15, 0.2) is 18.2 Å². The molecule has 0 bridgehead atoms. The zero-order valence-electron chi connectivity index (χ0n) is 7.87. The Labute approximate surface area is 85.3 Å². The summed E-state index contributed by atoms with van der Waals surface area (Å²) in [6.45, 7) is -0.285. The number of carboxylic acid groups (broad SMARTS) is 1. The average molecular weight is 216 g/mol. The summed E-state index contributed by atoms with van der Waals surface area (Å²) in [5, 5.41) is 8.25. The van der Waals surface area contributed by atoms with E-state index in [4.69, 9.17) is 9.84 Å². The smallest absolute Gasteiger partial charge is 0.329 e. The first-order valence-corrected chi connectivity index (χ1v) is 4.32. The third kappa shape index (κ3) is 4.51. The largest absolute Gasteiger partial charge is 0.480 e. The Kier molecular flexibility index (Phi) is 4.17. The van der Waals surface area contributed by atoms with Crippen molar-refractivity contribution in [1.29, 1.82) is 0 Å². The zero-order chi connectivity index (χ0) is 11.3. The normalized spacial score (nSPS) is 10.3. The average Bonchev–Trinajstić information content (AvgIpc) is 2.10. The molecule has 15 heavy (non-hydrogen) atoms. The van der Waals surface area contributed by atoms with E-state index < -0.39 is 24.2 Å². The van der Waals surface area contributed by atoms with Gasteiger partial charge in [0.25, 0.3) is 0 Å². The van der Waals surface area contributed by atoms with Gasteiger partial charge in [-0.25, -0.2) is 13.6 Å². The van der Waals surface area contributed by atoms with Crippen molar-refractivity contribution in [3.63, 3.8) is 0 Å². The highest BCUT2D eigenvalue weighted by Gasteiger charge is 2.01. The van der Waals surface area contributed by atoms with Crippen LogP contribution >= 0.6 is 0 Å². The van der Waals surface area contributed by atoms with Crippen LogP contribution in [-0.4, -0.2) is 24.3 Å². The standard InChI is InChI=1S/C10H10F2O3/c11-8-3-7(4-9(12)5-8)1-2-15-6-10(13)14/h3-5H,1-2,6H2,(H,13,14). The fourth-order valence-electron chi connectivity index (χ4n) is 1.10. The molecule has 1 aromatic carbocycles. The highest BCUT2D eigenvalue weighted by Crippen LogP contribution is 2.08. The van der Waals surface area contributed by atoms with Gasteiger partial charge >= 0.3 is 5.97 Å². The second kappa shape index (κ2) is 5.41. The highest BCUT2D eigenvalue weighted by atomic mass is 19.1. The molecule has 82 valence electrons. The lowest BCUT2D eigenvalue weighted by molar-refractivity contribution is -0.142. The van der Waals surface area contributed by atoms with Gasteiger partial charge in [-0.1, -0.05) is 0 Å². The SMILES string of the molecule is O=C(O)COCCc1cc(F)cc(F)c1. The summed E-state index contributed by atoms with van der Waals surface area (Å²) in [6.07, 6.45) is 0.280. The van der Waals surface area contributed by atoms with Crippen molar-refractivity contribution in [3.05, 3.63) is 35.4 Å². The van der Waals surface area contributed by atoms with Crippen molar-refractivity contribution < 1.29 is 23.4 Å². The Morgan fingerprint density at radius 3 is 2.40 bits per heavy atom. The molecular formula is C10H10F2O3. The quantitative estimate of drug-likeness (QED) is 0.760. The van der Waals surface area contributed by atoms with Crippen molar-refractivity contribution in [3.8, 4) is 0 Å². The molecule has 3 nitrogen and oxygen atoms in total. The lowest BCUT2D eigenvalue weighted by atomic mass is 10.1. The Bertz CT molecular complexity index is 332. The first-order chi connectivity index (χ1) is 7.08. The molecule has 0 aliphatic heterocycles. The van der Waals surface area contributed by atoms with Crippen LogP contribution in [0.4, 0.5) is 8.78 Å². The van der Waals surface area contributed by atoms with E-state index in [-0.39, 0.29) is 13.0 Å². The fraction of sp³-hybridized carbons (Fsp3) is 0.300. The molecule has 0 saturated heterocycles. The van der Waals surface area contributed by atoms with Crippen LogP contribution in [0.25, 0.3) is 0 Å². The van der Waals surface area contributed by atoms with E-state index >= 15 is 0 Å². The van der Waals surface area contributed by atoms with E-state index in [9.17, 15) is 13.6 Å². The number of hydrogen-bond donors (Lipinski definition) is 1. The minimum absolute atomic E-state index is 0.120. The number of rotatable bonds is 5. The first-order valence-electron chi connectivity index (χ1n) is 4.32. The summed E-state index contributed by atoms with van der Waals surface area (Å²) in [4.78, 5) is 10.1. The second-order valence-corrected chi connectivity index (χ2v) is 2.97. The van der Waals surface area contributed by atoms with Gasteiger partial charge in [0.15, 0.2) is 0 Å². The molecule has 0 spiro atoms. The molecular weight excluding hydrogens is 206 g/mol. The molecule has 0 amide bonds. The lowest BCUT2D eigenvalue weighted by Gasteiger charge is -2.02. The summed E-state index contributed by atoms with van der Waals surface area (Å²) in [5.41, 5.74) is 0.442. The predicted octanol–water partition coefficient (Wildman–Crippen LogP) is 1.61. The molecule has 1 aromatic rings. The Balaban J connectivity index is 2.40. The lowest BCUT2D eigenvalue weighted by Crippen LogP contribution is -2.09. The molecule has 0 heterocycles. The first kappa shape index (κ1) is 11.6. The van der Waals surface area contributed by atoms with Crippen LogP contribution in [0.5, 0.6) is 0 Å². The summed E-state index contributed by atoms with van der Waals surface area (Å²) in [5.74, 6) is -2.37. The molecule has 0 aliphatic carbocycles. The molecule has 0 radical (unpaired) electrons. The summed E-state index contributed by atoms with van der Waals surface area (Å²) in [7, 11) is 0. The van der Waals surface area contributed by atoms with Gasteiger partial charge in [-0.05, 0) is 24.1 Å². The van der Waals surface area contributed by atoms with Gasteiger partial charge in [0.1, 0.15) is 18.2 Å². The highest BCUT2D eigenvalue weighted by molar-refractivity contribution is 5.67. The molecule has 1 rings (SSSR count). The second-order valence-electron chi connectivity index (χ2n) is 2.97. The van der Waals surface area contributed by atoms with Crippen LogP contribution < -0.4 is 0 Å². The molecule has 1 N–H and O–H groups in total. The Morgan fingerprint density at radius 1 is 1.27 bits per heavy atom. The number of ether oxygens (including phenoxy) is 1. The van der Waals surface area contributed by atoms with Gasteiger partial charge in [-0.3, -0.25) is 0 Å². The number of benzene rings is 1. The number of hydrogen-bond acceptors (Lipinski definition) is 2. The van der Waals surface area contributed by atoms with E-state index in [1.54, 1.807) is 0 Å². The maximum atomic E-state index is 12.7. The molecule has 0 unspecified atom stereocenters. The zero-order valence-corrected chi connectivity index (χ0v) is 7.87. The van der Waals surface area contributed by atoms with Gasteiger partial charge in [-0.2, -0.15) is 0 Å². The third-order valence-corrected chi connectivity index (χ3v) is 1.68. The van der Waals surface area contributed by atoms with E-state index in [2.05, 4.69) is 0 Å². The summed E-state index contributed by atoms with van der Waals surface area (Å²) < 4.78 is 30.1. The maximum Gasteiger partial charge on any atom is 0.329 e. The van der Waals surface area contributed by atoms with Crippen molar-refractivity contribution in [2.24, 2.45) is 0 Å². The summed E-state index contributed by atoms with van der Waals surface area (Å²) >= 11 is 0. The Hall–Kier alpha value is -1.49. The number of carboxylic acids is 1. The van der Waals surface area contributed by atoms with Crippen LogP contribution in [0.2, 0.25) is 0 Å². The van der Waals surface area contributed by atoms with Crippen LogP contribution in [0, 0.1) is 11.6 Å². The number of carbonyl (C=O) groups is 1. The van der Waals surface area contributed by atoms with E-state index in [0.29, 0.717) is 5.56 Å². The van der Waals surface area contributed by atoms with Gasteiger partial charge in [0, 0.05) is 6.07 Å². The molecule has 0 saturated carbocycles. The van der Waals surface area contributed by atoms with Crippen LogP contribution in [0.1, 0.15) is 5.56 Å². The minimum atomic E-state index is -1.07. The monoisotopic (exact) mass is 216 g/mol. The minimum Gasteiger partial charge on any atom is -0.480 e. The number of halogens is 2. The topological polar surface area (TPSA) is 46.5 Å². The van der Waals surface area contributed by atoms with Crippen molar-refractivity contribution in [1.82, 2.24) is 0 Å². The number of aliphatic carboxylic acids is 1. The van der Waals surface area contributed by atoms with Crippen molar-refractivity contribution in [2.45, 2.75) is 6.42 Å². The molecule has 0 aliphatic rings. The molecule has 5 heteroatoms. The van der Waals surface area contributed by atoms with Crippen LogP contribution in [-0.2, 0) is 16.0 Å². The molecule has 0 atom stereocenters. The predicted molar refractivity (Wildman–Crippen MR) is 48.5 cm³/mol. The van der Waals surface area contributed by atoms with Crippen LogP contribution in [0.3, 0.4) is 0 Å². The van der Waals surface area contributed by atoms with Crippen molar-refractivity contribution >= 4 is 5.97 Å². The van der Waals surface area contributed by atoms with Gasteiger partial charge in [0.05, 0.1) is 6.61 Å². The third-order valence-electron chi connectivity index (χ3n) is 1.68. The Morgan fingerprint density at radius 2 is 1.87 bits per heavy atom. The van der Waals surface area contributed by atoms with Gasteiger partial charge in [-0.15, -0.1) is 0 Å². The van der Waals surface area contributed by atoms with E-state index in [1.807, 2.05) is 0 Å². The van der Waals surface area contributed by atoms with E-state index in [0.717, 1.165) is 6.07 Å². The fourth-order valence-corrected chi connectivity index (χ4v) is 1.10. The maximum absolute atomic E-state index is 12.7. The van der Waals surface area contributed by atoms with E-state index in [1.165, 1.54) is 12.1 Å². The van der Waals surface area contributed by atoms with Gasteiger partial charge < -0.3 is 9.84 Å². The van der Waals surface area contributed by atoms with Gasteiger partial charge in [0.2, 0.25) is 0 Å².